The van der Waals surface area contributed by atoms with E-state index in [0.717, 1.165) is 6.42 Å². The summed E-state index contributed by atoms with van der Waals surface area (Å²) in [7, 11) is -3.50. The van der Waals surface area contributed by atoms with Gasteiger partial charge in [-0.15, -0.1) is 11.6 Å². The maximum atomic E-state index is 12.3. The molecule has 1 aromatic heterocycles. The van der Waals surface area contributed by atoms with Crippen LogP contribution in [-0.2, 0) is 15.9 Å². The number of hydrogen-bond acceptors (Lipinski definition) is 3. The van der Waals surface area contributed by atoms with Crippen molar-refractivity contribution in [3.63, 3.8) is 0 Å². The van der Waals surface area contributed by atoms with E-state index in [1.165, 1.54) is 10.4 Å². The highest BCUT2D eigenvalue weighted by atomic mass is 79.9. The highest BCUT2D eigenvalue weighted by molar-refractivity contribution is 9.10. The molecule has 0 N–H and O–H groups in total. The number of nitrogens with zero attached hydrogens (tertiary/aromatic N) is 1. The Kier molecular flexibility index (Phi) is 5.50. The molecular formula is C10H15BrClNO3S. The van der Waals surface area contributed by atoms with Crippen LogP contribution in [0, 0.1) is 0 Å². The minimum atomic E-state index is -3.50. The summed E-state index contributed by atoms with van der Waals surface area (Å²) in [4.78, 5) is 0.142. The summed E-state index contributed by atoms with van der Waals surface area (Å²) < 4.78 is 31.4. The van der Waals surface area contributed by atoms with E-state index in [9.17, 15) is 8.42 Å². The summed E-state index contributed by atoms with van der Waals surface area (Å²) in [6.07, 6.45) is 0.769. The molecule has 1 heterocycles. The first-order valence-electron chi connectivity index (χ1n) is 5.31. The number of furan rings is 1. The summed E-state index contributed by atoms with van der Waals surface area (Å²) in [6.45, 7) is 4.67. The lowest BCUT2D eigenvalue weighted by Crippen LogP contribution is -2.31. The Hall–Kier alpha value is -0.0400. The Labute approximate surface area is 115 Å². The molecule has 0 saturated heterocycles. The van der Waals surface area contributed by atoms with Gasteiger partial charge in [0.15, 0.2) is 4.67 Å². The first-order valence-corrected chi connectivity index (χ1v) is 8.08. The first kappa shape index (κ1) is 15.0. The topological polar surface area (TPSA) is 50.5 Å². The third-order valence-electron chi connectivity index (χ3n) is 2.28. The number of hydrogen-bond donors (Lipinski definition) is 0. The fourth-order valence-electron chi connectivity index (χ4n) is 1.48. The standard InChI is InChI=1S/C10H15BrClNO3S/c1-3-5-13(4-2)17(14,15)9-6-8(7-12)16-10(9)11/h6H,3-5,7H2,1-2H3. The number of rotatable bonds is 6. The van der Waals surface area contributed by atoms with Gasteiger partial charge in [-0.25, -0.2) is 8.42 Å². The summed E-state index contributed by atoms with van der Waals surface area (Å²) in [6, 6.07) is 1.46. The minimum absolute atomic E-state index is 0.142. The molecule has 0 aliphatic rings. The lowest BCUT2D eigenvalue weighted by molar-refractivity contribution is 0.424. The van der Waals surface area contributed by atoms with E-state index in [-0.39, 0.29) is 15.4 Å². The molecule has 0 bridgehead atoms. The van der Waals surface area contributed by atoms with Crippen LogP contribution in [0.2, 0.25) is 0 Å². The van der Waals surface area contributed by atoms with Gasteiger partial charge in [-0.2, -0.15) is 4.31 Å². The van der Waals surface area contributed by atoms with Crippen molar-refractivity contribution in [1.82, 2.24) is 4.31 Å². The summed E-state index contributed by atoms with van der Waals surface area (Å²) in [5.41, 5.74) is 0. The van der Waals surface area contributed by atoms with Crippen LogP contribution in [0.5, 0.6) is 0 Å². The van der Waals surface area contributed by atoms with Crippen LogP contribution < -0.4 is 0 Å². The van der Waals surface area contributed by atoms with Crippen molar-refractivity contribution in [3.05, 3.63) is 16.5 Å². The van der Waals surface area contributed by atoms with E-state index in [4.69, 9.17) is 16.0 Å². The molecule has 98 valence electrons. The molecule has 0 amide bonds. The second-order valence-corrected chi connectivity index (χ2v) is 6.37. The van der Waals surface area contributed by atoms with Crippen molar-refractivity contribution in [1.29, 1.82) is 0 Å². The highest BCUT2D eigenvalue weighted by Gasteiger charge is 2.27. The van der Waals surface area contributed by atoms with Gasteiger partial charge in [-0.3, -0.25) is 0 Å². The van der Waals surface area contributed by atoms with Gasteiger partial charge in [0.1, 0.15) is 10.7 Å². The average molecular weight is 345 g/mol. The third-order valence-corrected chi connectivity index (χ3v) is 5.38. The predicted molar refractivity (Wildman–Crippen MR) is 70.7 cm³/mol. The molecule has 0 aliphatic carbocycles. The Morgan fingerprint density at radius 2 is 2.12 bits per heavy atom. The van der Waals surface area contributed by atoms with Crippen LogP contribution in [0.1, 0.15) is 26.0 Å². The van der Waals surface area contributed by atoms with Crippen molar-refractivity contribution in [2.24, 2.45) is 0 Å². The van der Waals surface area contributed by atoms with Crippen molar-refractivity contribution in [3.8, 4) is 0 Å². The van der Waals surface area contributed by atoms with E-state index < -0.39 is 10.0 Å². The lowest BCUT2D eigenvalue weighted by atomic mass is 10.5. The van der Waals surface area contributed by atoms with Gasteiger partial charge in [-0.05, 0) is 22.4 Å². The molecule has 17 heavy (non-hydrogen) atoms. The van der Waals surface area contributed by atoms with Crippen LogP contribution in [0.25, 0.3) is 0 Å². The van der Waals surface area contributed by atoms with Gasteiger partial charge in [-0.1, -0.05) is 13.8 Å². The van der Waals surface area contributed by atoms with Crippen molar-refractivity contribution < 1.29 is 12.8 Å². The second-order valence-electron chi connectivity index (χ2n) is 3.48. The lowest BCUT2D eigenvalue weighted by Gasteiger charge is -2.18. The normalized spacial score (nSPS) is 12.3. The van der Waals surface area contributed by atoms with E-state index in [2.05, 4.69) is 15.9 Å². The Morgan fingerprint density at radius 1 is 1.47 bits per heavy atom. The molecule has 7 heteroatoms. The fraction of sp³-hybridized carbons (Fsp3) is 0.600. The van der Waals surface area contributed by atoms with Crippen molar-refractivity contribution in [2.75, 3.05) is 13.1 Å². The number of alkyl halides is 1. The molecule has 1 rings (SSSR count). The van der Waals surface area contributed by atoms with Crippen LogP contribution in [0.4, 0.5) is 0 Å². The number of sulfonamides is 1. The summed E-state index contributed by atoms with van der Waals surface area (Å²) in [5, 5.41) is 0. The van der Waals surface area contributed by atoms with Gasteiger partial charge in [0.2, 0.25) is 10.0 Å². The van der Waals surface area contributed by atoms with E-state index in [1.54, 1.807) is 0 Å². The smallest absolute Gasteiger partial charge is 0.247 e. The zero-order valence-corrected chi connectivity index (χ0v) is 12.9. The average Bonchev–Trinajstić information content (AvgIpc) is 2.67. The van der Waals surface area contributed by atoms with Gasteiger partial charge in [0.05, 0.1) is 5.88 Å². The highest BCUT2D eigenvalue weighted by Crippen LogP contribution is 2.29. The molecule has 0 atom stereocenters. The molecule has 0 saturated carbocycles. The van der Waals surface area contributed by atoms with Crippen LogP contribution in [-0.4, -0.2) is 25.8 Å². The van der Waals surface area contributed by atoms with Gasteiger partial charge < -0.3 is 4.42 Å². The maximum Gasteiger partial charge on any atom is 0.247 e. The Morgan fingerprint density at radius 3 is 2.53 bits per heavy atom. The van der Waals surface area contributed by atoms with E-state index >= 15 is 0 Å². The molecule has 0 spiro atoms. The Balaban J connectivity index is 3.15. The molecular weight excluding hydrogens is 330 g/mol. The predicted octanol–water partition coefficient (Wildman–Crippen LogP) is 3.20. The quantitative estimate of drug-likeness (QED) is 0.745. The molecule has 0 aromatic carbocycles. The summed E-state index contributed by atoms with van der Waals surface area (Å²) >= 11 is 8.73. The SMILES string of the molecule is CCCN(CC)S(=O)(=O)c1cc(CCl)oc1Br. The largest absolute Gasteiger partial charge is 0.452 e. The monoisotopic (exact) mass is 343 g/mol. The van der Waals surface area contributed by atoms with Crippen LogP contribution in [0.3, 0.4) is 0 Å². The molecule has 4 nitrogen and oxygen atoms in total. The van der Waals surface area contributed by atoms with Gasteiger partial charge >= 0.3 is 0 Å². The van der Waals surface area contributed by atoms with Crippen molar-refractivity contribution >= 4 is 37.6 Å². The fourth-order valence-corrected chi connectivity index (χ4v) is 4.11. The molecule has 0 aliphatic heterocycles. The van der Waals surface area contributed by atoms with Gasteiger partial charge in [0, 0.05) is 19.2 Å². The maximum absolute atomic E-state index is 12.3. The van der Waals surface area contributed by atoms with Crippen molar-refractivity contribution in [2.45, 2.75) is 31.0 Å². The summed E-state index contributed by atoms with van der Waals surface area (Å²) in [5.74, 6) is 0.582. The van der Waals surface area contributed by atoms with E-state index in [1.807, 2.05) is 13.8 Å². The third kappa shape index (κ3) is 3.24. The first-order chi connectivity index (χ1) is 7.97. The molecule has 1 aromatic rings. The molecule has 0 fully saturated rings. The number of halogens is 2. The minimum Gasteiger partial charge on any atom is -0.452 e. The zero-order valence-electron chi connectivity index (χ0n) is 9.74. The molecule has 0 radical (unpaired) electrons. The molecule has 0 unspecified atom stereocenters. The second kappa shape index (κ2) is 6.22. The van der Waals surface area contributed by atoms with E-state index in [0.29, 0.717) is 18.8 Å². The Bertz CT molecular complexity index is 472. The van der Waals surface area contributed by atoms with Gasteiger partial charge in [0.25, 0.3) is 0 Å². The van der Waals surface area contributed by atoms with Crippen LogP contribution in [0.15, 0.2) is 20.0 Å². The zero-order chi connectivity index (χ0) is 13.1. The van der Waals surface area contributed by atoms with Crippen LogP contribution >= 0.6 is 27.5 Å².